The number of nitrogens with zero attached hydrogens (tertiary/aromatic N) is 2. The normalized spacial score (nSPS) is 17.5. The first kappa shape index (κ1) is 28.5. The molecule has 2 aliphatic heterocycles. The van der Waals surface area contributed by atoms with Crippen LogP contribution in [-0.2, 0) is 9.59 Å². The average molecular weight is 605 g/mol. The number of ether oxygens (including phenoxy) is 4. The summed E-state index contributed by atoms with van der Waals surface area (Å²) in [6, 6.07) is 13.0. The van der Waals surface area contributed by atoms with Crippen molar-refractivity contribution in [1.29, 1.82) is 0 Å². The van der Waals surface area contributed by atoms with Crippen LogP contribution in [-0.4, -0.2) is 48.7 Å². The second-order valence-electron chi connectivity index (χ2n) is 10.1. The van der Waals surface area contributed by atoms with Crippen LogP contribution in [0.5, 0.6) is 23.0 Å². The van der Waals surface area contributed by atoms with E-state index in [2.05, 4.69) is 11.9 Å². The number of rotatable bonds is 9. The van der Waals surface area contributed by atoms with Gasteiger partial charge in [0, 0.05) is 5.56 Å². The van der Waals surface area contributed by atoms with Crippen LogP contribution < -0.4 is 23.8 Å². The molecule has 0 spiro atoms. The molecule has 3 heterocycles. The maximum Gasteiger partial charge on any atom is 0.301 e. The maximum absolute atomic E-state index is 14.0. The molecular weight excluding hydrogens is 575 g/mol. The Labute approximate surface area is 251 Å². The molecule has 11 heteroatoms. The quantitative estimate of drug-likeness (QED) is 0.101. The molecule has 1 N–H and O–H groups in total. The van der Waals surface area contributed by atoms with E-state index in [-0.39, 0.29) is 22.0 Å². The predicted molar refractivity (Wildman–Crippen MR) is 160 cm³/mol. The number of Topliss-reactive ketones (excluding diaryl/α,β-unsaturated/α-hetero) is 1. The highest BCUT2D eigenvalue weighted by molar-refractivity contribution is 7.22. The van der Waals surface area contributed by atoms with Crippen molar-refractivity contribution in [3.63, 3.8) is 0 Å². The molecule has 2 aliphatic rings. The molecule has 9 nitrogen and oxygen atoms in total. The van der Waals surface area contributed by atoms with Crippen molar-refractivity contribution in [2.75, 3.05) is 31.8 Å². The number of aliphatic hydroxyl groups excluding tert-OH is 1. The van der Waals surface area contributed by atoms with Crippen molar-refractivity contribution < 1.29 is 38.0 Å². The predicted octanol–water partition coefficient (Wildman–Crippen LogP) is 6.41. The summed E-state index contributed by atoms with van der Waals surface area (Å²) in [5.41, 5.74) is 1.11. The number of halogens is 1. The number of methoxy groups -OCH3 is 1. The number of carbonyl (C=O) groups is 2. The van der Waals surface area contributed by atoms with Crippen LogP contribution >= 0.6 is 11.3 Å². The summed E-state index contributed by atoms with van der Waals surface area (Å²) in [6.45, 7) is 3.36. The third-order valence-corrected chi connectivity index (χ3v) is 8.33. The molecule has 0 saturated carbocycles. The highest BCUT2D eigenvalue weighted by atomic mass is 32.1. The van der Waals surface area contributed by atoms with E-state index in [9.17, 15) is 19.1 Å². The molecule has 222 valence electrons. The van der Waals surface area contributed by atoms with Crippen molar-refractivity contribution >= 4 is 44.1 Å². The fourth-order valence-electron chi connectivity index (χ4n) is 5.19. The van der Waals surface area contributed by atoms with E-state index in [1.54, 1.807) is 36.4 Å². The molecule has 4 aromatic rings. The second kappa shape index (κ2) is 11.9. The Morgan fingerprint density at radius 1 is 1.05 bits per heavy atom. The molecule has 0 aliphatic carbocycles. The minimum absolute atomic E-state index is 0.134. The standard InChI is InChI=1S/C32H29FN2O7S/c1-3-4-5-12-40-22-10-6-18(15-24(22)39-2)28-27(29(36)19-7-11-23-25(16-19)42-14-13-41-23)30(37)31(38)35(28)32-34-21-9-8-20(33)17-26(21)43-32/h6-11,15-17,28,36H,3-5,12-14H2,1-2H3/b29-27+. The number of unbranched alkanes of at least 4 members (excludes halogenated alkanes) is 2. The van der Waals surface area contributed by atoms with Crippen LogP contribution in [0.25, 0.3) is 16.0 Å². The summed E-state index contributed by atoms with van der Waals surface area (Å²) >= 11 is 1.07. The van der Waals surface area contributed by atoms with Gasteiger partial charge in [0.25, 0.3) is 5.78 Å². The Balaban J connectivity index is 1.48. The Hall–Kier alpha value is -4.64. The lowest BCUT2D eigenvalue weighted by molar-refractivity contribution is -0.132. The van der Waals surface area contributed by atoms with Crippen LogP contribution in [0.3, 0.4) is 0 Å². The third kappa shape index (κ3) is 5.36. The number of fused-ring (bicyclic) bond motifs is 2. The molecule has 1 unspecified atom stereocenters. The van der Waals surface area contributed by atoms with E-state index in [4.69, 9.17) is 18.9 Å². The summed E-state index contributed by atoms with van der Waals surface area (Å²) in [4.78, 5) is 33.1. The zero-order valence-corrected chi connectivity index (χ0v) is 24.4. The number of thiazole rings is 1. The van der Waals surface area contributed by atoms with Crippen LogP contribution in [0.15, 0.2) is 60.2 Å². The first-order chi connectivity index (χ1) is 20.9. The van der Waals surface area contributed by atoms with Gasteiger partial charge >= 0.3 is 5.91 Å². The molecule has 1 amide bonds. The molecule has 1 fully saturated rings. The van der Waals surface area contributed by atoms with Crippen molar-refractivity contribution in [3.05, 3.63) is 77.1 Å². The van der Waals surface area contributed by atoms with E-state index >= 15 is 0 Å². The van der Waals surface area contributed by atoms with Crippen LogP contribution in [0.4, 0.5) is 9.52 Å². The molecular formula is C32H29FN2O7S. The number of aromatic nitrogens is 1. The Morgan fingerprint density at radius 2 is 1.86 bits per heavy atom. The number of anilines is 1. The highest BCUT2D eigenvalue weighted by Gasteiger charge is 2.48. The fraction of sp³-hybridized carbons (Fsp3) is 0.281. The van der Waals surface area contributed by atoms with E-state index in [1.165, 1.54) is 30.2 Å². The number of benzene rings is 3. The lowest BCUT2D eigenvalue weighted by atomic mass is 9.95. The van der Waals surface area contributed by atoms with Crippen molar-refractivity contribution in [2.24, 2.45) is 0 Å². The maximum atomic E-state index is 14.0. The average Bonchev–Trinajstić information content (AvgIpc) is 3.55. The molecule has 3 aromatic carbocycles. The summed E-state index contributed by atoms with van der Waals surface area (Å²) in [5, 5.41) is 11.8. The minimum Gasteiger partial charge on any atom is -0.507 e. The van der Waals surface area contributed by atoms with Gasteiger partial charge in [-0.15, -0.1) is 0 Å². The zero-order valence-electron chi connectivity index (χ0n) is 23.6. The molecule has 0 bridgehead atoms. The first-order valence-corrected chi connectivity index (χ1v) is 14.8. The summed E-state index contributed by atoms with van der Waals surface area (Å²) < 4.78 is 37.3. The second-order valence-corrected chi connectivity index (χ2v) is 11.1. The van der Waals surface area contributed by atoms with Gasteiger partial charge in [-0.05, 0) is 60.5 Å². The zero-order chi connectivity index (χ0) is 30.1. The Kier molecular flexibility index (Phi) is 7.90. The van der Waals surface area contributed by atoms with E-state index < -0.39 is 23.5 Å². The van der Waals surface area contributed by atoms with Gasteiger partial charge in [0.15, 0.2) is 28.1 Å². The summed E-state index contributed by atoms with van der Waals surface area (Å²) in [7, 11) is 1.51. The number of hydrogen-bond acceptors (Lipinski definition) is 9. The smallest absolute Gasteiger partial charge is 0.301 e. The van der Waals surface area contributed by atoms with Gasteiger partial charge in [-0.1, -0.05) is 37.2 Å². The number of carbonyl (C=O) groups excluding carboxylic acids is 2. The number of amides is 1. The van der Waals surface area contributed by atoms with Crippen molar-refractivity contribution in [1.82, 2.24) is 4.98 Å². The van der Waals surface area contributed by atoms with Crippen molar-refractivity contribution in [3.8, 4) is 23.0 Å². The highest BCUT2D eigenvalue weighted by Crippen LogP contribution is 2.46. The summed E-state index contributed by atoms with van der Waals surface area (Å²) in [5.74, 6) is -0.731. The van der Waals surface area contributed by atoms with Gasteiger partial charge in [-0.25, -0.2) is 9.37 Å². The van der Waals surface area contributed by atoms with Crippen molar-refractivity contribution in [2.45, 2.75) is 32.2 Å². The molecule has 0 radical (unpaired) electrons. The molecule has 43 heavy (non-hydrogen) atoms. The molecule has 1 saturated heterocycles. The van der Waals surface area contributed by atoms with Gasteiger partial charge in [-0.2, -0.15) is 0 Å². The van der Waals surface area contributed by atoms with Gasteiger partial charge < -0.3 is 24.1 Å². The lowest BCUT2D eigenvalue weighted by Gasteiger charge is -2.24. The van der Waals surface area contributed by atoms with Gasteiger partial charge in [-0.3, -0.25) is 14.5 Å². The molecule has 1 atom stereocenters. The number of aliphatic hydroxyl groups is 1. The van der Waals surface area contributed by atoms with E-state index in [1.807, 2.05) is 0 Å². The van der Waals surface area contributed by atoms with Crippen LogP contribution in [0, 0.1) is 5.82 Å². The third-order valence-electron chi connectivity index (χ3n) is 7.31. The first-order valence-electron chi connectivity index (χ1n) is 14.0. The molecule has 6 rings (SSSR count). The SMILES string of the molecule is CCCCCOc1ccc(C2/C(=C(\O)c3ccc4c(c3)OCCO4)C(=O)C(=O)N2c2nc3ccc(F)cc3s2)cc1OC. The fourth-order valence-corrected chi connectivity index (χ4v) is 6.21. The molecule has 1 aromatic heterocycles. The van der Waals surface area contributed by atoms with Gasteiger partial charge in [0.2, 0.25) is 0 Å². The minimum atomic E-state index is -1.07. The van der Waals surface area contributed by atoms with Crippen LogP contribution in [0.1, 0.15) is 43.4 Å². The van der Waals surface area contributed by atoms with E-state index in [0.717, 1.165) is 30.6 Å². The van der Waals surface area contributed by atoms with Gasteiger partial charge in [0.05, 0.1) is 35.5 Å². The Bertz CT molecular complexity index is 1750. The number of ketones is 1. The van der Waals surface area contributed by atoms with Crippen LogP contribution in [0.2, 0.25) is 0 Å². The summed E-state index contributed by atoms with van der Waals surface area (Å²) in [6.07, 6.45) is 2.97. The lowest BCUT2D eigenvalue weighted by Crippen LogP contribution is -2.29. The van der Waals surface area contributed by atoms with E-state index in [0.29, 0.717) is 58.6 Å². The van der Waals surface area contributed by atoms with Gasteiger partial charge in [0.1, 0.15) is 24.8 Å². The number of hydrogen-bond donors (Lipinski definition) is 1. The topological polar surface area (TPSA) is 107 Å². The monoisotopic (exact) mass is 604 g/mol. The Morgan fingerprint density at radius 3 is 2.65 bits per heavy atom. The largest absolute Gasteiger partial charge is 0.507 e.